The molecule has 2 aliphatic carbocycles. The molecule has 7 nitrogen and oxygen atoms in total. The molecule has 2 aliphatic rings. The molecule has 0 aromatic heterocycles. The first-order valence-corrected chi connectivity index (χ1v) is 9.12. The summed E-state index contributed by atoms with van der Waals surface area (Å²) in [5.41, 5.74) is 0.742. The fraction of sp³-hybridized carbons (Fsp3) is 0.588. The van der Waals surface area contributed by atoms with Crippen molar-refractivity contribution in [2.24, 2.45) is 0 Å². The number of carbonyl (C=O) groups is 1. The lowest BCUT2D eigenvalue weighted by Crippen LogP contribution is -2.46. The van der Waals surface area contributed by atoms with Gasteiger partial charge in [0.1, 0.15) is 6.61 Å². The van der Waals surface area contributed by atoms with E-state index >= 15 is 0 Å². The maximum absolute atomic E-state index is 11.9. The number of nitrogens with one attached hydrogen (secondary N) is 2. The van der Waals surface area contributed by atoms with Gasteiger partial charge in [-0.05, 0) is 49.8 Å². The summed E-state index contributed by atoms with van der Waals surface area (Å²) in [6.07, 6.45) is 4.72. The number of hydrogen-bond donors (Lipinski definition) is 3. The second kappa shape index (κ2) is 8.05. The minimum atomic E-state index is -0.456. The van der Waals surface area contributed by atoms with Crippen LogP contribution in [0.3, 0.4) is 0 Å². The molecule has 2 fully saturated rings. The van der Waals surface area contributed by atoms with Crippen molar-refractivity contribution < 1.29 is 14.5 Å². The van der Waals surface area contributed by atoms with Crippen molar-refractivity contribution in [3.8, 4) is 0 Å². The molecule has 136 valence electrons. The Hall–Kier alpha value is -1.80. The van der Waals surface area contributed by atoms with Gasteiger partial charge in [0.05, 0.1) is 4.92 Å². The van der Waals surface area contributed by atoms with E-state index in [0.29, 0.717) is 17.3 Å². The van der Waals surface area contributed by atoms with Crippen molar-refractivity contribution >= 4 is 24.4 Å². The van der Waals surface area contributed by atoms with Gasteiger partial charge in [-0.25, -0.2) is 4.79 Å². The van der Waals surface area contributed by atoms with Gasteiger partial charge in [0.15, 0.2) is 0 Å². The van der Waals surface area contributed by atoms with E-state index in [-0.39, 0.29) is 18.3 Å². The Morgan fingerprint density at radius 3 is 2.48 bits per heavy atom. The zero-order valence-electron chi connectivity index (χ0n) is 13.9. The van der Waals surface area contributed by atoms with Crippen LogP contribution in [0.2, 0.25) is 0 Å². The maximum atomic E-state index is 11.9. The van der Waals surface area contributed by atoms with Gasteiger partial charge in [-0.1, -0.05) is 0 Å². The van der Waals surface area contributed by atoms with Crippen LogP contribution in [-0.2, 0) is 11.3 Å². The van der Waals surface area contributed by atoms with E-state index in [2.05, 4.69) is 23.3 Å². The molecule has 0 aliphatic heterocycles. The molecular weight excluding hydrogens is 342 g/mol. The van der Waals surface area contributed by atoms with Crippen molar-refractivity contribution in [2.75, 3.05) is 0 Å². The van der Waals surface area contributed by atoms with Crippen LogP contribution < -0.4 is 10.6 Å². The molecule has 1 aromatic carbocycles. The van der Waals surface area contributed by atoms with Crippen LogP contribution in [0, 0.1) is 10.1 Å². The number of nitrogens with zero attached hydrogens (tertiary/aromatic N) is 1. The van der Waals surface area contributed by atoms with Gasteiger partial charge in [0.25, 0.3) is 5.69 Å². The third-order valence-corrected chi connectivity index (χ3v) is 5.28. The molecule has 0 unspecified atom stereocenters. The Morgan fingerprint density at radius 2 is 1.84 bits per heavy atom. The number of carbonyl (C=O) groups excluding carboxylic acids is 1. The van der Waals surface area contributed by atoms with Gasteiger partial charge in [-0.15, -0.1) is 0 Å². The first-order chi connectivity index (χ1) is 12.0. The average Bonchev–Trinajstić information content (AvgIpc) is 2.99. The number of benzene rings is 1. The minimum absolute atomic E-state index is 0.0217. The molecule has 1 amide bonds. The fourth-order valence-electron chi connectivity index (χ4n) is 3.39. The topological polar surface area (TPSA) is 93.5 Å². The van der Waals surface area contributed by atoms with E-state index in [1.54, 1.807) is 12.1 Å². The van der Waals surface area contributed by atoms with E-state index in [1.165, 1.54) is 12.1 Å². The summed E-state index contributed by atoms with van der Waals surface area (Å²) in [7, 11) is 0. The highest BCUT2D eigenvalue weighted by Crippen LogP contribution is 2.28. The molecule has 25 heavy (non-hydrogen) atoms. The number of nitro benzene ring substituents is 1. The number of non-ortho nitro benzene ring substituents is 1. The van der Waals surface area contributed by atoms with Gasteiger partial charge in [0, 0.05) is 35.5 Å². The number of thiol groups is 1. The summed E-state index contributed by atoms with van der Waals surface area (Å²) in [4.78, 5) is 22.1. The van der Waals surface area contributed by atoms with Crippen LogP contribution in [0.25, 0.3) is 0 Å². The molecule has 0 saturated heterocycles. The summed E-state index contributed by atoms with van der Waals surface area (Å²) in [5.74, 6) is 0. The number of amides is 1. The normalized spacial score (nSPS) is 28.2. The zero-order valence-corrected chi connectivity index (χ0v) is 14.8. The number of rotatable bonds is 6. The standard InChI is InChI=1S/C17H23N3O4S/c21-17(24-10-11-1-5-15(6-2-11)20(22)23)19-13-4-3-12(7-13)18-14-8-16(25)9-14/h1-2,5-6,12-14,16,18,25H,3-4,7-10H2,(H,19,21)/t12-,13+,14?,16?/m1/s1. The Labute approximate surface area is 152 Å². The molecule has 0 bridgehead atoms. The number of hydrogen-bond acceptors (Lipinski definition) is 6. The lowest BCUT2D eigenvalue weighted by Gasteiger charge is -2.35. The molecule has 2 saturated carbocycles. The highest BCUT2D eigenvalue weighted by atomic mass is 32.1. The van der Waals surface area contributed by atoms with Crippen molar-refractivity contribution in [1.29, 1.82) is 0 Å². The van der Waals surface area contributed by atoms with Gasteiger partial charge in [-0.2, -0.15) is 12.6 Å². The molecule has 0 spiro atoms. The predicted octanol–water partition coefficient (Wildman–Crippen LogP) is 2.79. The lowest BCUT2D eigenvalue weighted by atomic mass is 9.91. The first-order valence-electron chi connectivity index (χ1n) is 8.60. The Morgan fingerprint density at radius 1 is 1.16 bits per heavy atom. The lowest BCUT2D eigenvalue weighted by molar-refractivity contribution is -0.384. The highest BCUT2D eigenvalue weighted by Gasteiger charge is 2.32. The van der Waals surface area contributed by atoms with E-state index in [9.17, 15) is 14.9 Å². The van der Waals surface area contributed by atoms with E-state index in [1.807, 2.05) is 0 Å². The second-order valence-electron chi connectivity index (χ2n) is 6.84. The average molecular weight is 365 g/mol. The van der Waals surface area contributed by atoms with E-state index < -0.39 is 11.0 Å². The quantitative estimate of drug-likeness (QED) is 0.409. The molecule has 2 atom stereocenters. The smallest absolute Gasteiger partial charge is 0.407 e. The summed E-state index contributed by atoms with van der Waals surface area (Å²) < 4.78 is 5.20. The summed E-state index contributed by atoms with van der Waals surface area (Å²) in [6.45, 7) is 0.101. The molecule has 1 aromatic rings. The molecule has 3 rings (SSSR count). The van der Waals surface area contributed by atoms with Gasteiger partial charge < -0.3 is 15.4 Å². The number of nitro groups is 1. The Kier molecular flexibility index (Phi) is 5.80. The first kappa shape index (κ1) is 18.0. The van der Waals surface area contributed by atoms with Crippen LogP contribution >= 0.6 is 12.6 Å². The van der Waals surface area contributed by atoms with Crippen LogP contribution in [0.1, 0.15) is 37.7 Å². The van der Waals surface area contributed by atoms with Crippen LogP contribution in [0.4, 0.5) is 10.5 Å². The van der Waals surface area contributed by atoms with Crippen LogP contribution in [-0.4, -0.2) is 34.4 Å². The molecule has 0 heterocycles. The number of ether oxygens (including phenoxy) is 1. The Balaban J connectivity index is 1.36. The second-order valence-corrected chi connectivity index (χ2v) is 7.57. The third kappa shape index (κ3) is 5.09. The molecular formula is C17H23N3O4S. The van der Waals surface area contributed by atoms with Crippen molar-refractivity contribution in [3.05, 3.63) is 39.9 Å². The maximum Gasteiger partial charge on any atom is 0.407 e. The molecule has 8 heteroatoms. The summed E-state index contributed by atoms with van der Waals surface area (Å²) >= 11 is 4.43. The predicted molar refractivity (Wildman–Crippen MR) is 96.8 cm³/mol. The minimum Gasteiger partial charge on any atom is -0.445 e. The van der Waals surface area contributed by atoms with Crippen LogP contribution in [0.15, 0.2) is 24.3 Å². The van der Waals surface area contributed by atoms with Gasteiger partial charge >= 0.3 is 6.09 Å². The summed E-state index contributed by atoms with van der Waals surface area (Å²) in [6, 6.07) is 7.14. The highest BCUT2D eigenvalue weighted by molar-refractivity contribution is 7.81. The number of alkyl carbamates (subject to hydrolysis) is 1. The summed E-state index contributed by atoms with van der Waals surface area (Å²) in [5, 5.41) is 17.7. The fourth-order valence-corrected chi connectivity index (χ4v) is 3.90. The SMILES string of the molecule is O=C(N[C@H]1CC[C@@H](NC2CC(S)C2)C1)OCc1ccc([N+](=O)[O-])cc1. The van der Waals surface area contributed by atoms with E-state index in [0.717, 1.165) is 37.7 Å². The van der Waals surface area contributed by atoms with E-state index in [4.69, 9.17) is 4.74 Å². The zero-order chi connectivity index (χ0) is 17.8. The van der Waals surface area contributed by atoms with Gasteiger partial charge in [-0.3, -0.25) is 10.1 Å². The van der Waals surface area contributed by atoms with Gasteiger partial charge in [0.2, 0.25) is 0 Å². The van der Waals surface area contributed by atoms with Crippen molar-refractivity contribution in [2.45, 2.75) is 62.1 Å². The largest absolute Gasteiger partial charge is 0.445 e. The van der Waals surface area contributed by atoms with Crippen molar-refractivity contribution in [3.63, 3.8) is 0 Å². The van der Waals surface area contributed by atoms with Crippen LogP contribution in [0.5, 0.6) is 0 Å². The monoisotopic (exact) mass is 365 g/mol. The molecule has 2 N–H and O–H groups in total. The van der Waals surface area contributed by atoms with Crippen molar-refractivity contribution in [1.82, 2.24) is 10.6 Å². The Bertz CT molecular complexity index is 619. The molecule has 0 radical (unpaired) electrons. The third-order valence-electron chi connectivity index (χ3n) is 4.86.